The lowest BCUT2D eigenvalue weighted by molar-refractivity contribution is -0.0101. The van der Waals surface area contributed by atoms with Crippen LogP contribution in [0.3, 0.4) is 0 Å². The van der Waals surface area contributed by atoms with E-state index >= 15 is 0 Å². The molecule has 0 radical (unpaired) electrons. The van der Waals surface area contributed by atoms with Gasteiger partial charge in [-0.15, -0.1) is 0 Å². The lowest BCUT2D eigenvalue weighted by Gasteiger charge is -2.28. The molecule has 1 aromatic rings. The van der Waals surface area contributed by atoms with Crippen LogP contribution in [-0.4, -0.2) is 6.61 Å². The minimum Gasteiger partial charge on any atom is -0.372 e. The average molecular weight is 222 g/mol. The second-order valence-corrected chi connectivity index (χ2v) is 4.10. The summed E-state index contributed by atoms with van der Waals surface area (Å²) in [5, 5.41) is 9.73. The van der Waals surface area contributed by atoms with Gasteiger partial charge in [0.25, 0.3) is 0 Å². The van der Waals surface area contributed by atoms with Gasteiger partial charge in [-0.25, -0.2) is 0 Å². The summed E-state index contributed by atoms with van der Waals surface area (Å²) < 4.78 is 5.64. The monoisotopic (exact) mass is 221 g/mol. The van der Waals surface area contributed by atoms with Gasteiger partial charge < -0.3 is 4.74 Å². The van der Waals surface area contributed by atoms with Crippen molar-refractivity contribution in [2.45, 2.75) is 18.9 Å². The summed E-state index contributed by atoms with van der Waals surface area (Å²) in [5.74, 6) is -0.0707. The fraction of sp³-hybridized carbons (Fsp3) is 0.417. The van der Waals surface area contributed by atoms with Gasteiger partial charge in [0, 0.05) is 17.2 Å². The Bertz CT molecular complexity index is 385. The van der Waals surface area contributed by atoms with E-state index in [1.807, 2.05) is 24.3 Å². The van der Waals surface area contributed by atoms with Crippen LogP contribution in [0.4, 0.5) is 0 Å². The molecule has 2 nitrogen and oxygen atoms in total. The molecule has 1 saturated heterocycles. The third kappa shape index (κ3) is 2.14. The molecule has 1 aromatic carbocycles. The molecule has 3 heteroatoms. The predicted octanol–water partition coefficient (Wildman–Crippen LogP) is 3.33. The maximum absolute atomic E-state index is 9.04. The minimum absolute atomic E-state index is 0.0707. The largest absolute Gasteiger partial charge is 0.372 e. The molecule has 0 aromatic heterocycles. The molecule has 0 amide bonds. The fourth-order valence-corrected chi connectivity index (χ4v) is 2.17. The van der Waals surface area contributed by atoms with Crippen molar-refractivity contribution >= 4 is 11.6 Å². The molecule has 0 bridgehead atoms. The zero-order valence-corrected chi connectivity index (χ0v) is 9.07. The number of rotatable bonds is 1. The zero-order valence-electron chi connectivity index (χ0n) is 8.32. The van der Waals surface area contributed by atoms with E-state index in [0.717, 1.165) is 18.4 Å². The van der Waals surface area contributed by atoms with Crippen LogP contribution in [0, 0.1) is 17.2 Å². The van der Waals surface area contributed by atoms with Crippen LogP contribution in [-0.2, 0) is 4.74 Å². The molecule has 1 fully saturated rings. The normalized spacial score (nSPS) is 25.9. The minimum atomic E-state index is -0.155. The standard InChI is InChI=1S/C12H12ClNO/c13-11-6-2-1-5-10(11)12-9(8-14)4-3-7-15-12/h1-2,5-6,9,12H,3-4,7H2. The smallest absolute Gasteiger partial charge is 0.0997 e. The number of halogens is 1. The lowest BCUT2D eigenvalue weighted by Crippen LogP contribution is -2.21. The molecule has 2 unspecified atom stereocenters. The molecule has 0 N–H and O–H groups in total. The molecule has 1 heterocycles. The molecular formula is C12H12ClNO. The number of hydrogen-bond acceptors (Lipinski definition) is 2. The summed E-state index contributed by atoms with van der Waals surface area (Å²) in [6.07, 6.45) is 1.70. The molecule has 15 heavy (non-hydrogen) atoms. The summed E-state index contributed by atoms with van der Waals surface area (Å²) in [4.78, 5) is 0. The van der Waals surface area contributed by atoms with Crippen LogP contribution in [0.5, 0.6) is 0 Å². The highest BCUT2D eigenvalue weighted by Crippen LogP contribution is 2.36. The summed E-state index contributed by atoms with van der Waals surface area (Å²) in [7, 11) is 0. The third-order valence-electron chi connectivity index (χ3n) is 2.70. The van der Waals surface area contributed by atoms with Gasteiger partial charge in [-0.3, -0.25) is 0 Å². The first-order chi connectivity index (χ1) is 7.33. The molecule has 0 aliphatic carbocycles. The van der Waals surface area contributed by atoms with E-state index in [2.05, 4.69) is 6.07 Å². The van der Waals surface area contributed by atoms with E-state index in [0.29, 0.717) is 11.6 Å². The van der Waals surface area contributed by atoms with Gasteiger partial charge in [-0.1, -0.05) is 29.8 Å². The molecule has 1 aliphatic heterocycles. The van der Waals surface area contributed by atoms with Crippen LogP contribution >= 0.6 is 11.6 Å². The first-order valence-corrected chi connectivity index (χ1v) is 5.46. The maximum Gasteiger partial charge on any atom is 0.0997 e. The molecule has 2 atom stereocenters. The van der Waals surface area contributed by atoms with Crippen molar-refractivity contribution in [3.05, 3.63) is 34.9 Å². The van der Waals surface area contributed by atoms with E-state index in [4.69, 9.17) is 21.6 Å². The quantitative estimate of drug-likeness (QED) is 0.729. The van der Waals surface area contributed by atoms with Gasteiger partial charge in [-0.2, -0.15) is 5.26 Å². The Kier molecular flexibility index (Phi) is 3.25. The number of nitriles is 1. The van der Waals surface area contributed by atoms with Gasteiger partial charge in [0.2, 0.25) is 0 Å². The molecule has 0 spiro atoms. The Morgan fingerprint density at radius 3 is 2.93 bits per heavy atom. The Hall–Kier alpha value is -1.04. The number of nitrogens with zero attached hydrogens (tertiary/aromatic N) is 1. The third-order valence-corrected chi connectivity index (χ3v) is 3.04. The second kappa shape index (κ2) is 4.65. The second-order valence-electron chi connectivity index (χ2n) is 3.69. The Balaban J connectivity index is 2.29. The first kappa shape index (κ1) is 10.5. The van der Waals surface area contributed by atoms with Crippen LogP contribution in [0.15, 0.2) is 24.3 Å². The summed E-state index contributed by atoms with van der Waals surface area (Å²) in [5.41, 5.74) is 0.936. The van der Waals surface area contributed by atoms with E-state index in [9.17, 15) is 0 Å². The first-order valence-electron chi connectivity index (χ1n) is 5.08. The Morgan fingerprint density at radius 2 is 2.20 bits per heavy atom. The van der Waals surface area contributed by atoms with Crippen molar-refractivity contribution in [3.8, 4) is 6.07 Å². The summed E-state index contributed by atoms with van der Waals surface area (Å²) in [6, 6.07) is 9.88. The van der Waals surface area contributed by atoms with Crippen molar-refractivity contribution in [3.63, 3.8) is 0 Å². The van der Waals surface area contributed by atoms with Gasteiger partial charge in [0.15, 0.2) is 0 Å². The molecular weight excluding hydrogens is 210 g/mol. The molecule has 1 aliphatic rings. The fourth-order valence-electron chi connectivity index (χ4n) is 1.93. The van der Waals surface area contributed by atoms with E-state index in [-0.39, 0.29) is 12.0 Å². The molecule has 0 saturated carbocycles. The van der Waals surface area contributed by atoms with Crippen molar-refractivity contribution < 1.29 is 4.74 Å². The van der Waals surface area contributed by atoms with Crippen LogP contribution < -0.4 is 0 Å². The van der Waals surface area contributed by atoms with Crippen molar-refractivity contribution in [1.82, 2.24) is 0 Å². The maximum atomic E-state index is 9.04. The highest BCUT2D eigenvalue weighted by molar-refractivity contribution is 6.31. The SMILES string of the molecule is N#CC1CCCOC1c1ccccc1Cl. The predicted molar refractivity (Wildman–Crippen MR) is 58.5 cm³/mol. The molecule has 78 valence electrons. The van der Waals surface area contributed by atoms with Gasteiger partial charge in [0.1, 0.15) is 0 Å². The van der Waals surface area contributed by atoms with Crippen molar-refractivity contribution in [1.29, 1.82) is 5.26 Å². The number of hydrogen-bond donors (Lipinski definition) is 0. The molecule has 2 rings (SSSR count). The van der Waals surface area contributed by atoms with E-state index in [1.54, 1.807) is 0 Å². The van der Waals surface area contributed by atoms with Crippen molar-refractivity contribution in [2.75, 3.05) is 6.61 Å². The van der Waals surface area contributed by atoms with Crippen LogP contribution in [0.25, 0.3) is 0 Å². The zero-order chi connectivity index (χ0) is 10.7. The van der Waals surface area contributed by atoms with E-state index in [1.165, 1.54) is 0 Å². The van der Waals surface area contributed by atoms with Crippen molar-refractivity contribution in [2.24, 2.45) is 5.92 Å². The highest BCUT2D eigenvalue weighted by atomic mass is 35.5. The summed E-state index contributed by atoms with van der Waals surface area (Å²) in [6.45, 7) is 0.716. The Morgan fingerprint density at radius 1 is 1.40 bits per heavy atom. The van der Waals surface area contributed by atoms with Gasteiger partial charge >= 0.3 is 0 Å². The number of benzene rings is 1. The summed E-state index contributed by atoms with van der Waals surface area (Å²) >= 11 is 6.09. The van der Waals surface area contributed by atoms with Gasteiger partial charge in [-0.05, 0) is 18.9 Å². The lowest BCUT2D eigenvalue weighted by atomic mass is 9.91. The topological polar surface area (TPSA) is 33.0 Å². The van der Waals surface area contributed by atoms with E-state index < -0.39 is 0 Å². The average Bonchev–Trinajstić information content (AvgIpc) is 2.30. The van der Waals surface area contributed by atoms with Gasteiger partial charge in [0.05, 0.1) is 18.1 Å². The Labute approximate surface area is 94.4 Å². The van der Waals surface area contributed by atoms with Crippen LogP contribution in [0.1, 0.15) is 24.5 Å². The number of ether oxygens (including phenoxy) is 1. The highest BCUT2D eigenvalue weighted by Gasteiger charge is 2.28. The van der Waals surface area contributed by atoms with Crippen LogP contribution in [0.2, 0.25) is 5.02 Å².